The van der Waals surface area contributed by atoms with Gasteiger partial charge in [0.25, 0.3) is 0 Å². The molecule has 0 radical (unpaired) electrons. The number of hydrogen-bond acceptors (Lipinski definition) is 4. The van der Waals surface area contributed by atoms with Crippen LogP contribution in [0.2, 0.25) is 0 Å². The summed E-state index contributed by atoms with van der Waals surface area (Å²) in [5.41, 5.74) is 3.90. The molecule has 0 saturated heterocycles. The number of benzene rings is 1. The normalized spacial score (nSPS) is 10.2. The van der Waals surface area contributed by atoms with Crippen molar-refractivity contribution < 1.29 is 14.3 Å². The number of para-hydroxylation sites is 1. The third-order valence-electron chi connectivity index (χ3n) is 3.15. The summed E-state index contributed by atoms with van der Waals surface area (Å²) < 4.78 is 10.3. The summed E-state index contributed by atoms with van der Waals surface area (Å²) in [4.78, 5) is 16.1. The number of ether oxygens (including phenoxy) is 2. The van der Waals surface area contributed by atoms with Gasteiger partial charge < -0.3 is 9.47 Å². The Balaban J connectivity index is 2.72. The van der Waals surface area contributed by atoms with Crippen LogP contribution in [0.15, 0.2) is 30.5 Å². The number of methoxy groups -OCH3 is 2. The Morgan fingerprint density at radius 2 is 1.90 bits per heavy atom. The maximum atomic E-state index is 11.9. The lowest BCUT2D eigenvalue weighted by atomic mass is 9.98. The lowest BCUT2D eigenvalue weighted by Gasteiger charge is -2.14. The maximum Gasteiger partial charge on any atom is 0.340 e. The van der Waals surface area contributed by atoms with Crippen molar-refractivity contribution in [3.05, 3.63) is 47.3 Å². The minimum absolute atomic E-state index is 0.406. The van der Waals surface area contributed by atoms with Gasteiger partial charge in [0, 0.05) is 23.0 Å². The highest BCUT2D eigenvalue weighted by Gasteiger charge is 2.17. The van der Waals surface area contributed by atoms with Gasteiger partial charge in [-0.1, -0.05) is 18.2 Å². The van der Waals surface area contributed by atoms with Crippen molar-refractivity contribution in [2.45, 2.75) is 13.8 Å². The van der Waals surface area contributed by atoms with E-state index in [1.54, 1.807) is 7.11 Å². The summed E-state index contributed by atoms with van der Waals surface area (Å²) in [6.45, 7) is 3.85. The van der Waals surface area contributed by atoms with E-state index >= 15 is 0 Å². The SMILES string of the molecule is COC(=O)c1cnc(C)cc1-c1cccc(C)c1OC. The van der Waals surface area contributed by atoms with Crippen LogP contribution in [0.3, 0.4) is 0 Å². The van der Waals surface area contributed by atoms with Crippen LogP contribution < -0.4 is 4.74 Å². The Kier molecular flexibility index (Phi) is 4.03. The first-order chi connectivity index (χ1) is 9.58. The molecule has 2 rings (SSSR count). The van der Waals surface area contributed by atoms with E-state index in [1.807, 2.05) is 38.1 Å². The zero-order valence-electron chi connectivity index (χ0n) is 12.1. The van der Waals surface area contributed by atoms with Crippen LogP contribution in [-0.4, -0.2) is 25.2 Å². The first kappa shape index (κ1) is 14.1. The Labute approximate surface area is 118 Å². The van der Waals surface area contributed by atoms with Gasteiger partial charge in [0.1, 0.15) is 5.75 Å². The lowest BCUT2D eigenvalue weighted by molar-refractivity contribution is 0.0601. The van der Waals surface area contributed by atoms with Gasteiger partial charge in [0.2, 0.25) is 0 Å². The summed E-state index contributed by atoms with van der Waals surface area (Å²) in [5.74, 6) is 0.347. The molecule has 0 bridgehead atoms. The topological polar surface area (TPSA) is 48.4 Å². The van der Waals surface area contributed by atoms with Crippen molar-refractivity contribution in [1.29, 1.82) is 0 Å². The molecule has 1 aromatic carbocycles. The van der Waals surface area contributed by atoms with Crippen LogP contribution in [0.1, 0.15) is 21.6 Å². The van der Waals surface area contributed by atoms with Gasteiger partial charge in [-0.25, -0.2) is 4.79 Å². The molecule has 20 heavy (non-hydrogen) atoms. The van der Waals surface area contributed by atoms with E-state index in [4.69, 9.17) is 9.47 Å². The molecule has 0 N–H and O–H groups in total. The van der Waals surface area contributed by atoms with Gasteiger partial charge in [0.15, 0.2) is 0 Å². The van der Waals surface area contributed by atoms with Crippen LogP contribution in [0.4, 0.5) is 0 Å². The molecule has 0 unspecified atom stereocenters. The molecule has 0 saturated carbocycles. The molecule has 0 fully saturated rings. The van der Waals surface area contributed by atoms with Crippen molar-refractivity contribution in [1.82, 2.24) is 4.98 Å². The summed E-state index contributed by atoms with van der Waals surface area (Å²) in [7, 11) is 2.98. The summed E-state index contributed by atoms with van der Waals surface area (Å²) in [6.07, 6.45) is 1.54. The van der Waals surface area contributed by atoms with Gasteiger partial charge in [-0.3, -0.25) is 4.98 Å². The molecule has 104 valence electrons. The summed E-state index contributed by atoms with van der Waals surface area (Å²) >= 11 is 0. The highest BCUT2D eigenvalue weighted by Crippen LogP contribution is 2.35. The average Bonchev–Trinajstić information content (AvgIpc) is 2.46. The highest BCUT2D eigenvalue weighted by atomic mass is 16.5. The zero-order valence-corrected chi connectivity index (χ0v) is 12.1. The van der Waals surface area contributed by atoms with Gasteiger partial charge in [-0.2, -0.15) is 0 Å². The average molecular weight is 271 g/mol. The predicted molar refractivity (Wildman–Crippen MR) is 77.0 cm³/mol. The van der Waals surface area contributed by atoms with Crippen molar-refractivity contribution in [2.75, 3.05) is 14.2 Å². The number of carbonyl (C=O) groups is 1. The Morgan fingerprint density at radius 1 is 1.15 bits per heavy atom. The van der Waals surface area contributed by atoms with Crippen LogP contribution in [0, 0.1) is 13.8 Å². The van der Waals surface area contributed by atoms with Crippen LogP contribution in [0.25, 0.3) is 11.1 Å². The fraction of sp³-hybridized carbons (Fsp3) is 0.250. The molecule has 0 amide bonds. The molecule has 0 aliphatic carbocycles. The van der Waals surface area contributed by atoms with Gasteiger partial charge >= 0.3 is 5.97 Å². The second-order valence-corrected chi connectivity index (χ2v) is 4.52. The van der Waals surface area contributed by atoms with Crippen molar-refractivity contribution >= 4 is 5.97 Å². The van der Waals surface area contributed by atoms with E-state index in [2.05, 4.69) is 4.98 Å². The molecule has 0 atom stereocenters. The number of hydrogen-bond donors (Lipinski definition) is 0. The molecule has 1 aromatic heterocycles. The number of pyridine rings is 1. The molecule has 0 spiro atoms. The fourth-order valence-corrected chi connectivity index (χ4v) is 2.19. The number of carbonyl (C=O) groups excluding carboxylic acids is 1. The second-order valence-electron chi connectivity index (χ2n) is 4.52. The smallest absolute Gasteiger partial charge is 0.340 e. The number of nitrogens with zero attached hydrogens (tertiary/aromatic N) is 1. The summed E-state index contributed by atoms with van der Waals surface area (Å²) in [6, 6.07) is 7.69. The third-order valence-corrected chi connectivity index (χ3v) is 3.15. The first-order valence-electron chi connectivity index (χ1n) is 6.27. The Bertz CT molecular complexity index is 650. The van der Waals surface area contributed by atoms with Crippen molar-refractivity contribution in [2.24, 2.45) is 0 Å². The fourth-order valence-electron chi connectivity index (χ4n) is 2.19. The minimum atomic E-state index is -0.406. The molecule has 0 aliphatic heterocycles. The molecule has 0 aliphatic rings. The number of aryl methyl sites for hydroxylation is 2. The molecule has 1 heterocycles. The maximum absolute atomic E-state index is 11.9. The molecule has 2 aromatic rings. The molecule has 4 heteroatoms. The van der Waals surface area contributed by atoms with Crippen molar-refractivity contribution in [3.63, 3.8) is 0 Å². The highest BCUT2D eigenvalue weighted by molar-refractivity contribution is 5.98. The Morgan fingerprint density at radius 3 is 2.55 bits per heavy atom. The summed E-state index contributed by atoms with van der Waals surface area (Å²) in [5, 5.41) is 0. The van der Waals surface area contributed by atoms with E-state index in [0.717, 1.165) is 28.1 Å². The molecule has 4 nitrogen and oxygen atoms in total. The first-order valence-corrected chi connectivity index (χ1v) is 6.27. The number of rotatable bonds is 3. The van der Waals surface area contributed by atoms with Crippen LogP contribution in [-0.2, 0) is 4.74 Å². The predicted octanol–water partition coefficient (Wildman–Crippen LogP) is 3.16. The van der Waals surface area contributed by atoms with Gasteiger partial charge in [-0.15, -0.1) is 0 Å². The third kappa shape index (κ3) is 2.50. The van der Waals surface area contributed by atoms with Crippen molar-refractivity contribution in [3.8, 4) is 16.9 Å². The Hall–Kier alpha value is -2.36. The number of aromatic nitrogens is 1. The van der Waals surface area contributed by atoms with E-state index in [9.17, 15) is 4.79 Å². The molecular formula is C16H17NO3. The van der Waals surface area contributed by atoms with E-state index in [0.29, 0.717) is 5.56 Å². The van der Waals surface area contributed by atoms with Crippen LogP contribution in [0.5, 0.6) is 5.75 Å². The van der Waals surface area contributed by atoms with Crippen LogP contribution >= 0.6 is 0 Å². The largest absolute Gasteiger partial charge is 0.496 e. The van der Waals surface area contributed by atoms with E-state index in [-0.39, 0.29) is 0 Å². The standard InChI is InChI=1S/C16H17NO3/c1-10-6-5-7-12(15(10)19-3)13-8-11(2)17-9-14(13)16(18)20-4/h5-9H,1-4H3. The molecular weight excluding hydrogens is 254 g/mol. The second kappa shape index (κ2) is 5.74. The number of esters is 1. The zero-order chi connectivity index (χ0) is 14.7. The van der Waals surface area contributed by atoms with Gasteiger partial charge in [-0.05, 0) is 25.5 Å². The van der Waals surface area contributed by atoms with E-state index < -0.39 is 5.97 Å². The monoisotopic (exact) mass is 271 g/mol. The lowest BCUT2D eigenvalue weighted by Crippen LogP contribution is -2.06. The quantitative estimate of drug-likeness (QED) is 0.804. The minimum Gasteiger partial charge on any atom is -0.496 e. The van der Waals surface area contributed by atoms with Gasteiger partial charge in [0.05, 0.1) is 19.8 Å². The van der Waals surface area contributed by atoms with E-state index in [1.165, 1.54) is 13.3 Å².